The van der Waals surface area contributed by atoms with Crippen molar-refractivity contribution in [3.63, 3.8) is 0 Å². The van der Waals surface area contributed by atoms with Crippen molar-refractivity contribution in [2.45, 2.75) is 31.5 Å². The largest absolute Gasteiger partial charge is 0.501 e. The second kappa shape index (κ2) is 9.51. The number of alkyl halides is 3. The van der Waals surface area contributed by atoms with E-state index in [1.165, 1.54) is 13.2 Å². The number of halogens is 3. The smallest absolute Gasteiger partial charge is 0.433 e. The highest BCUT2D eigenvalue weighted by atomic mass is 19.4. The van der Waals surface area contributed by atoms with Gasteiger partial charge in [-0.05, 0) is 36.2 Å². The van der Waals surface area contributed by atoms with Gasteiger partial charge in [-0.15, -0.1) is 0 Å². The molecule has 2 aromatic rings. The van der Waals surface area contributed by atoms with E-state index in [2.05, 4.69) is 15.6 Å². The Morgan fingerprint density at radius 1 is 1.22 bits per heavy atom. The SMILES string of the molecule is COC1=C(C(NC(=O)Nc2ccnc(C(F)(F)F)c2)c2ccc(C#N)cc2)C(=O)CCC1. The van der Waals surface area contributed by atoms with E-state index in [9.17, 15) is 22.8 Å². The summed E-state index contributed by atoms with van der Waals surface area (Å²) in [4.78, 5) is 28.6. The molecule has 0 fully saturated rings. The van der Waals surface area contributed by atoms with Crippen LogP contribution in [0.4, 0.5) is 23.7 Å². The molecule has 0 saturated carbocycles. The summed E-state index contributed by atoms with van der Waals surface area (Å²) in [6.07, 6.45) is -2.34. The molecule has 2 amide bonds. The van der Waals surface area contributed by atoms with E-state index in [-0.39, 0.29) is 23.5 Å². The number of ether oxygens (including phenoxy) is 1. The lowest BCUT2D eigenvalue weighted by molar-refractivity contribution is -0.141. The fourth-order valence-corrected chi connectivity index (χ4v) is 3.40. The van der Waals surface area contributed by atoms with Crippen LogP contribution in [0, 0.1) is 11.3 Å². The van der Waals surface area contributed by atoms with Crippen LogP contribution in [0.15, 0.2) is 53.9 Å². The molecule has 1 aliphatic carbocycles. The van der Waals surface area contributed by atoms with Crippen molar-refractivity contribution < 1.29 is 27.5 Å². The van der Waals surface area contributed by atoms with Crippen molar-refractivity contribution in [3.8, 4) is 6.07 Å². The number of amides is 2. The summed E-state index contributed by atoms with van der Waals surface area (Å²) in [5.41, 5.74) is -0.0802. The van der Waals surface area contributed by atoms with Crippen LogP contribution in [0.2, 0.25) is 0 Å². The molecular weight excluding hydrogens is 425 g/mol. The van der Waals surface area contributed by atoms with Gasteiger partial charge in [-0.2, -0.15) is 18.4 Å². The van der Waals surface area contributed by atoms with E-state index in [0.29, 0.717) is 35.8 Å². The Kier molecular flexibility index (Phi) is 6.78. The Balaban J connectivity index is 1.92. The number of allylic oxidation sites excluding steroid dienone is 1. The van der Waals surface area contributed by atoms with Crippen LogP contribution in [-0.4, -0.2) is 23.9 Å². The summed E-state index contributed by atoms with van der Waals surface area (Å²) < 4.78 is 44.1. The number of ketones is 1. The highest BCUT2D eigenvalue weighted by molar-refractivity contribution is 5.99. The molecule has 7 nitrogen and oxygen atoms in total. The maximum absolute atomic E-state index is 12.9. The van der Waals surface area contributed by atoms with Crippen molar-refractivity contribution >= 4 is 17.5 Å². The number of carbonyl (C=O) groups excluding carboxylic acids is 2. The molecule has 0 aliphatic heterocycles. The minimum absolute atomic E-state index is 0.112. The molecule has 3 rings (SSSR count). The number of Topliss-reactive ketones (excluding diaryl/α,β-unsaturated/α-hetero) is 1. The van der Waals surface area contributed by atoms with Gasteiger partial charge in [0.15, 0.2) is 5.78 Å². The number of urea groups is 1. The third-order valence-electron chi connectivity index (χ3n) is 4.90. The highest BCUT2D eigenvalue weighted by Crippen LogP contribution is 2.33. The summed E-state index contributed by atoms with van der Waals surface area (Å²) in [6.45, 7) is 0. The number of anilines is 1. The molecule has 1 atom stereocenters. The Morgan fingerprint density at radius 3 is 2.56 bits per heavy atom. The van der Waals surface area contributed by atoms with Crippen molar-refractivity contribution in [2.75, 3.05) is 12.4 Å². The number of carbonyl (C=O) groups is 2. The number of rotatable bonds is 5. The normalized spacial score (nSPS) is 15.0. The Morgan fingerprint density at radius 2 is 1.94 bits per heavy atom. The van der Waals surface area contributed by atoms with Crippen LogP contribution < -0.4 is 10.6 Å². The fraction of sp³-hybridized carbons (Fsp3) is 0.273. The van der Waals surface area contributed by atoms with Crippen molar-refractivity contribution in [3.05, 3.63) is 70.7 Å². The summed E-state index contributed by atoms with van der Waals surface area (Å²) in [7, 11) is 1.43. The first-order chi connectivity index (χ1) is 15.2. The quantitative estimate of drug-likeness (QED) is 0.707. The van der Waals surface area contributed by atoms with E-state index in [0.717, 1.165) is 6.20 Å². The molecule has 0 spiro atoms. The summed E-state index contributed by atoms with van der Waals surface area (Å²) in [6, 6.07) is 8.46. The summed E-state index contributed by atoms with van der Waals surface area (Å²) >= 11 is 0. The Hall–Kier alpha value is -3.87. The molecule has 1 unspecified atom stereocenters. The third kappa shape index (κ3) is 5.24. The minimum Gasteiger partial charge on any atom is -0.501 e. The predicted octanol–water partition coefficient (Wildman–Crippen LogP) is 4.49. The zero-order valence-corrected chi connectivity index (χ0v) is 17.0. The number of benzene rings is 1. The molecule has 0 saturated heterocycles. The number of nitrogens with zero attached hydrogens (tertiary/aromatic N) is 2. The van der Waals surface area contributed by atoms with Crippen LogP contribution in [0.5, 0.6) is 0 Å². The van der Waals surface area contributed by atoms with E-state index in [1.54, 1.807) is 24.3 Å². The third-order valence-corrected chi connectivity index (χ3v) is 4.90. The van der Waals surface area contributed by atoms with Gasteiger partial charge in [0, 0.05) is 24.7 Å². The second-order valence-electron chi connectivity index (χ2n) is 7.01. The molecule has 2 N–H and O–H groups in total. The zero-order valence-electron chi connectivity index (χ0n) is 17.0. The standard InChI is InChI=1S/C22H19F3N4O3/c1-32-17-4-2-3-16(30)19(17)20(14-7-5-13(12-26)6-8-14)29-21(31)28-15-9-10-27-18(11-15)22(23,24)25/h5-11,20H,2-4H2,1H3,(H2,27,28,29,31). The van der Waals surface area contributed by atoms with Gasteiger partial charge >= 0.3 is 12.2 Å². The van der Waals surface area contributed by atoms with Gasteiger partial charge in [0.1, 0.15) is 11.5 Å². The maximum atomic E-state index is 12.9. The van der Waals surface area contributed by atoms with E-state index in [4.69, 9.17) is 10.00 Å². The Labute approximate surface area is 181 Å². The molecule has 1 aromatic heterocycles. The lowest BCUT2D eigenvalue weighted by atomic mass is 9.87. The Bertz CT molecular complexity index is 1090. The number of hydrogen-bond donors (Lipinski definition) is 2. The fourth-order valence-electron chi connectivity index (χ4n) is 3.40. The topological polar surface area (TPSA) is 104 Å². The minimum atomic E-state index is -4.66. The second-order valence-corrected chi connectivity index (χ2v) is 7.01. The van der Waals surface area contributed by atoms with Gasteiger partial charge in [0.25, 0.3) is 0 Å². The molecular formula is C22H19F3N4O3. The number of nitriles is 1. The van der Waals surface area contributed by atoms with Crippen LogP contribution >= 0.6 is 0 Å². The number of methoxy groups -OCH3 is 1. The van der Waals surface area contributed by atoms with Gasteiger partial charge < -0.3 is 15.4 Å². The van der Waals surface area contributed by atoms with Crippen LogP contribution in [0.25, 0.3) is 0 Å². The molecule has 10 heteroatoms. The van der Waals surface area contributed by atoms with Gasteiger partial charge in [0.05, 0.1) is 30.4 Å². The highest BCUT2D eigenvalue weighted by Gasteiger charge is 2.33. The number of pyridine rings is 1. The lowest BCUT2D eigenvalue weighted by Gasteiger charge is -2.27. The van der Waals surface area contributed by atoms with Gasteiger partial charge in [0.2, 0.25) is 0 Å². The molecule has 1 heterocycles. The molecule has 32 heavy (non-hydrogen) atoms. The summed E-state index contributed by atoms with van der Waals surface area (Å²) in [5, 5.41) is 14.0. The maximum Gasteiger partial charge on any atom is 0.433 e. The first kappa shape index (κ1) is 22.8. The zero-order chi connectivity index (χ0) is 23.3. The number of hydrogen-bond acceptors (Lipinski definition) is 5. The van der Waals surface area contributed by atoms with Crippen LogP contribution in [-0.2, 0) is 15.7 Å². The monoisotopic (exact) mass is 444 g/mol. The molecule has 0 radical (unpaired) electrons. The van der Waals surface area contributed by atoms with Gasteiger partial charge in [-0.25, -0.2) is 4.79 Å². The first-order valence-corrected chi connectivity index (χ1v) is 9.64. The van der Waals surface area contributed by atoms with E-state index < -0.39 is 23.9 Å². The average Bonchev–Trinajstić information content (AvgIpc) is 2.77. The van der Waals surface area contributed by atoms with Crippen molar-refractivity contribution in [2.24, 2.45) is 0 Å². The van der Waals surface area contributed by atoms with Crippen molar-refractivity contribution in [1.82, 2.24) is 10.3 Å². The van der Waals surface area contributed by atoms with Crippen molar-refractivity contribution in [1.29, 1.82) is 5.26 Å². The molecule has 0 bridgehead atoms. The van der Waals surface area contributed by atoms with E-state index in [1.807, 2.05) is 6.07 Å². The number of nitrogens with one attached hydrogen (secondary N) is 2. The number of aromatic nitrogens is 1. The molecule has 166 valence electrons. The molecule has 1 aliphatic rings. The average molecular weight is 444 g/mol. The van der Waals surface area contributed by atoms with Gasteiger partial charge in [-0.3, -0.25) is 9.78 Å². The van der Waals surface area contributed by atoms with Crippen LogP contribution in [0.3, 0.4) is 0 Å². The lowest BCUT2D eigenvalue weighted by Crippen LogP contribution is -2.36. The summed E-state index contributed by atoms with van der Waals surface area (Å²) in [5.74, 6) is 0.227. The van der Waals surface area contributed by atoms with E-state index >= 15 is 0 Å². The predicted molar refractivity (Wildman–Crippen MR) is 108 cm³/mol. The first-order valence-electron chi connectivity index (χ1n) is 9.64. The van der Waals surface area contributed by atoms with Gasteiger partial charge in [-0.1, -0.05) is 12.1 Å². The van der Waals surface area contributed by atoms with Crippen LogP contribution in [0.1, 0.15) is 42.1 Å². The molecule has 1 aromatic carbocycles.